The zero-order chi connectivity index (χ0) is 14.3. The van der Waals surface area contributed by atoms with Gasteiger partial charge in [-0.1, -0.05) is 30.3 Å². The molecule has 0 aliphatic carbocycles. The summed E-state index contributed by atoms with van der Waals surface area (Å²) in [6, 6.07) is 9.24. The molecule has 1 aromatic rings. The van der Waals surface area contributed by atoms with Crippen molar-refractivity contribution in [3.63, 3.8) is 0 Å². The third kappa shape index (κ3) is 4.93. The van der Waals surface area contributed by atoms with Crippen LogP contribution in [0.2, 0.25) is 0 Å². The van der Waals surface area contributed by atoms with Crippen molar-refractivity contribution in [3.05, 3.63) is 35.9 Å². The first-order valence-electron chi connectivity index (χ1n) is 5.78. The van der Waals surface area contributed by atoms with Crippen LogP contribution in [-0.4, -0.2) is 51.3 Å². The van der Waals surface area contributed by atoms with Crippen LogP contribution >= 0.6 is 0 Å². The number of rotatable bonds is 7. The Morgan fingerprint density at radius 1 is 1.16 bits per heavy atom. The van der Waals surface area contributed by atoms with Gasteiger partial charge in [-0.25, -0.2) is 5.43 Å². The molecule has 1 amide bonds. The van der Waals surface area contributed by atoms with Crippen LogP contribution in [0.25, 0.3) is 0 Å². The van der Waals surface area contributed by atoms with Gasteiger partial charge >= 0.3 is 0 Å². The van der Waals surface area contributed by atoms with Crippen molar-refractivity contribution in [2.24, 2.45) is 0 Å². The summed E-state index contributed by atoms with van der Waals surface area (Å²) < 4.78 is 0. The summed E-state index contributed by atoms with van der Waals surface area (Å²) in [5, 5.41) is 36.4. The average molecular weight is 270 g/mol. The van der Waals surface area contributed by atoms with E-state index in [9.17, 15) is 15.0 Å². The van der Waals surface area contributed by atoms with Gasteiger partial charge in [-0.3, -0.25) is 10.2 Å². The number of carbonyl (C=O) groups excluding carboxylic acids is 1. The number of hydrazine groups is 1. The standard InChI is InChI=1S/C12H18N2O5/c15-7-9(16)10(17)11(18)12(19)14-13-6-8-4-2-1-3-5-8/h1-5,9-11,13,15-18H,6-7H2,(H,14,19)/t9-,10+,11+/m1/s1. The van der Waals surface area contributed by atoms with E-state index in [4.69, 9.17) is 10.2 Å². The number of amides is 1. The molecule has 6 N–H and O–H groups in total. The topological polar surface area (TPSA) is 122 Å². The molecule has 0 unspecified atom stereocenters. The molecule has 7 heteroatoms. The summed E-state index contributed by atoms with van der Waals surface area (Å²) in [5.41, 5.74) is 5.70. The molecule has 0 aliphatic rings. The lowest BCUT2D eigenvalue weighted by molar-refractivity contribution is -0.143. The SMILES string of the molecule is O=C(NNCc1ccccc1)[C@@H](O)[C@@H](O)[C@H](O)CO. The van der Waals surface area contributed by atoms with Gasteiger partial charge in [-0.05, 0) is 5.56 Å². The lowest BCUT2D eigenvalue weighted by Crippen LogP contribution is -2.51. The maximum atomic E-state index is 11.4. The number of hydrogen-bond donors (Lipinski definition) is 6. The summed E-state index contributed by atoms with van der Waals surface area (Å²) >= 11 is 0. The maximum absolute atomic E-state index is 11.4. The van der Waals surface area contributed by atoms with Gasteiger partial charge in [0.05, 0.1) is 6.61 Å². The maximum Gasteiger partial charge on any atom is 0.265 e. The highest BCUT2D eigenvalue weighted by atomic mass is 16.4. The van der Waals surface area contributed by atoms with Crippen LogP contribution in [0.4, 0.5) is 0 Å². The summed E-state index contributed by atoms with van der Waals surface area (Å²) in [7, 11) is 0. The van der Waals surface area contributed by atoms with E-state index in [0.717, 1.165) is 5.56 Å². The molecule has 0 aliphatic heterocycles. The lowest BCUT2D eigenvalue weighted by Gasteiger charge is -2.20. The van der Waals surface area contributed by atoms with Crippen LogP contribution in [0.5, 0.6) is 0 Å². The number of benzene rings is 1. The number of hydrogen-bond acceptors (Lipinski definition) is 6. The van der Waals surface area contributed by atoms with Gasteiger partial charge in [-0.15, -0.1) is 0 Å². The Hall–Kier alpha value is -1.51. The highest BCUT2D eigenvalue weighted by molar-refractivity contribution is 5.80. The summed E-state index contributed by atoms with van der Waals surface area (Å²) in [5.74, 6) is -0.893. The zero-order valence-corrected chi connectivity index (χ0v) is 10.2. The predicted octanol–water partition coefficient (Wildman–Crippen LogP) is -2.12. The Kier molecular flexibility index (Phi) is 6.40. The van der Waals surface area contributed by atoms with E-state index >= 15 is 0 Å². The van der Waals surface area contributed by atoms with E-state index in [0.29, 0.717) is 6.54 Å². The number of carbonyl (C=O) groups is 1. The zero-order valence-electron chi connectivity index (χ0n) is 10.2. The van der Waals surface area contributed by atoms with Gasteiger partial charge in [0, 0.05) is 6.54 Å². The van der Waals surface area contributed by atoms with E-state index in [1.54, 1.807) is 0 Å². The minimum Gasteiger partial charge on any atom is -0.394 e. The van der Waals surface area contributed by atoms with Crippen LogP contribution in [0.3, 0.4) is 0 Å². The van der Waals surface area contributed by atoms with Gasteiger partial charge in [0.2, 0.25) is 0 Å². The van der Waals surface area contributed by atoms with Crippen molar-refractivity contribution in [2.45, 2.75) is 24.9 Å². The predicted molar refractivity (Wildman–Crippen MR) is 66.5 cm³/mol. The fraction of sp³-hybridized carbons (Fsp3) is 0.417. The van der Waals surface area contributed by atoms with Gasteiger partial charge in [-0.2, -0.15) is 0 Å². The van der Waals surface area contributed by atoms with Crippen molar-refractivity contribution in [1.82, 2.24) is 10.9 Å². The fourth-order valence-electron chi connectivity index (χ4n) is 1.38. The van der Waals surface area contributed by atoms with E-state index in [1.165, 1.54) is 0 Å². The molecule has 1 aromatic carbocycles. The Bertz CT molecular complexity index is 387. The fourth-order valence-corrected chi connectivity index (χ4v) is 1.38. The summed E-state index contributed by atoms with van der Waals surface area (Å²) in [6.45, 7) is -0.402. The number of nitrogens with one attached hydrogen (secondary N) is 2. The molecule has 0 heterocycles. The normalized spacial score (nSPS) is 15.6. The Morgan fingerprint density at radius 2 is 1.79 bits per heavy atom. The van der Waals surface area contributed by atoms with Gasteiger partial charge < -0.3 is 20.4 Å². The minimum absolute atomic E-state index is 0.345. The van der Waals surface area contributed by atoms with Crippen LogP contribution in [-0.2, 0) is 11.3 Å². The molecule has 3 atom stereocenters. The van der Waals surface area contributed by atoms with Crippen molar-refractivity contribution >= 4 is 5.91 Å². The number of aliphatic hydroxyl groups is 4. The van der Waals surface area contributed by atoms with E-state index in [-0.39, 0.29) is 0 Å². The van der Waals surface area contributed by atoms with Crippen molar-refractivity contribution < 1.29 is 25.2 Å². The molecule has 0 spiro atoms. The highest BCUT2D eigenvalue weighted by Crippen LogP contribution is 2.00. The third-order valence-corrected chi connectivity index (χ3v) is 2.52. The van der Waals surface area contributed by atoms with Crippen LogP contribution in [0, 0.1) is 0 Å². The first-order valence-corrected chi connectivity index (χ1v) is 5.78. The molecular weight excluding hydrogens is 252 g/mol. The molecule has 0 aromatic heterocycles. The molecule has 0 saturated carbocycles. The van der Waals surface area contributed by atoms with Gasteiger partial charge in [0.1, 0.15) is 12.2 Å². The van der Waals surface area contributed by atoms with Crippen molar-refractivity contribution in [2.75, 3.05) is 6.61 Å². The minimum atomic E-state index is -1.83. The molecule has 0 bridgehead atoms. The second-order valence-electron chi connectivity index (χ2n) is 4.01. The Balaban J connectivity index is 2.35. The summed E-state index contributed by atoms with van der Waals surface area (Å²) in [4.78, 5) is 11.4. The molecular formula is C12H18N2O5. The molecule has 0 saturated heterocycles. The smallest absolute Gasteiger partial charge is 0.265 e. The summed E-state index contributed by atoms with van der Waals surface area (Å²) in [6.07, 6.45) is -5.15. The second kappa shape index (κ2) is 7.82. The quantitative estimate of drug-likeness (QED) is 0.315. The van der Waals surface area contributed by atoms with Gasteiger partial charge in [0.15, 0.2) is 6.10 Å². The highest BCUT2D eigenvalue weighted by Gasteiger charge is 2.29. The molecule has 19 heavy (non-hydrogen) atoms. The van der Waals surface area contributed by atoms with Crippen molar-refractivity contribution in [3.8, 4) is 0 Å². The molecule has 0 fully saturated rings. The second-order valence-corrected chi connectivity index (χ2v) is 4.01. The van der Waals surface area contributed by atoms with E-state index in [2.05, 4.69) is 10.9 Å². The largest absolute Gasteiger partial charge is 0.394 e. The van der Waals surface area contributed by atoms with Crippen LogP contribution in [0.1, 0.15) is 5.56 Å². The molecule has 7 nitrogen and oxygen atoms in total. The molecule has 106 valence electrons. The van der Waals surface area contributed by atoms with E-state index < -0.39 is 30.8 Å². The molecule has 0 radical (unpaired) electrons. The van der Waals surface area contributed by atoms with Crippen molar-refractivity contribution in [1.29, 1.82) is 0 Å². The van der Waals surface area contributed by atoms with Gasteiger partial charge in [0.25, 0.3) is 5.91 Å². The monoisotopic (exact) mass is 270 g/mol. The lowest BCUT2D eigenvalue weighted by atomic mass is 10.1. The Morgan fingerprint density at radius 3 is 2.37 bits per heavy atom. The first kappa shape index (κ1) is 15.5. The Labute approximate surface area is 110 Å². The molecule has 1 rings (SSSR count). The average Bonchev–Trinajstić information content (AvgIpc) is 2.45. The number of aliphatic hydroxyl groups excluding tert-OH is 4. The van der Waals surface area contributed by atoms with E-state index in [1.807, 2.05) is 30.3 Å². The van der Waals surface area contributed by atoms with Crippen LogP contribution in [0.15, 0.2) is 30.3 Å². The first-order chi connectivity index (χ1) is 9.06. The van der Waals surface area contributed by atoms with Crippen LogP contribution < -0.4 is 10.9 Å². The third-order valence-electron chi connectivity index (χ3n) is 2.52.